The van der Waals surface area contributed by atoms with Gasteiger partial charge in [-0.15, -0.1) is 0 Å². The summed E-state index contributed by atoms with van der Waals surface area (Å²) in [5, 5.41) is 6.05. The van der Waals surface area contributed by atoms with Crippen LogP contribution in [0.15, 0.2) is 72.8 Å². The smallest absolute Gasteiger partial charge is 0.177 e. The van der Waals surface area contributed by atoms with Crippen molar-refractivity contribution in [3.63, 3.8) is 0 Å². The van der Waals surface area contributed by atoms with Gasteiger partial charge in [0.25, 0.3) is 0 Å². The van der Waals surface area contributed by atoms with E-state index in [1.54, 1.807) is 6.07 Å². The van der Waals surface area contributed by atoms with E-state index in [-0.39, 0.29) is 0 Å². The maximum absolute atomic E-state index is 6.22. The predicted octanol–water partition coefficient (Wildman–Crippen LogP) is 5.64. The molecule has 30 heavy (non-hydrogen) atoms. The van der Waals surface area contributed by atoms with Crippen LogP contribution in [0.4, 0.5) is 22.7 Å². The molecule has 0 fully saturated rings. The third-order valence-corrected chi connectivity index (χ3v) is 5.27. The fourth-order valence-electron chi connectivity index (χ4n) is 3.65. The summed E-state index contributed by atoms with van der Waals surface area (Å²) in [7, 11) is 0. The number of nitrogen functional groups attached to an aromatic ring is 2. The van der Waals surface area contributed by atoms with Gasteiger partial charge >= 0.3 is 0 Å². The van der Waals surface area contributed by atoms with E-state index in [0.717, 1.165) is 22.6 Å². The van der Waals surface area contributed by atoms with Gasteiger partial charge in [-0.2, -0.15) is 0 Å². The van der Waals surface area contributed by atoms with Crippen molar-refractivity contribution in [2.45, 2.75) is 20.4 Å². The number of anilines is 4. The number of fused-ring (bicyclic) bond motifs is 1. The predicted molar refractivity (Wildman–Crippen MR) is 127 cm³/mol. The Balaban J connectivity index is 1.52. The molecule has 0 bridgehead atoms. The molecule has 0 aliphatic rings. The van der Waals surface area contributed by atoms with Gasteiger partial charge in [0.1, 0.15) is 0 Å². The lowest BCUT2D eigenvalue weighted by molar-refractivity contribution is 0.407. The highest BCUT2D eigenvalue weighted by Crippen LogP contribution is 2.30. The standard InChI is InChI=1S/C25H26N4O/c1-16-6-5-7-20-23(13-10-17(2)25(16)20)28-15-18-14-19(11-12-21(18)26)29-30-24-9-4-3-8-22(24)27/h3-14,28-29H,15,26-27H2,1-2H3. The van der Waals surface area contributed by atoms with Crippen LogP contribution >= 0.6 is 0 Å². The Morgan fingerprint density at radius 3 is 2.43 bits per heavy atom. The molecule has 0 radical (unpaired) electrons. The molecule has 0 aromatic heterocycles. The number of hydrogen-bond acceptors (Lipinski definition) is 5. The van der Waals surface area contributed by atoms with Gasteiger partial charge in [-0.25, -0.2) is 5.48 Å². The summed E-state index contributed by atoms with van der Waals surface area (Å²) in [5.41, 5.74) is 21.8. The first-order valence-electron chi connectivity index (χ1n) is 9.91. The molecular weight excluding hydrogens is 372 g/mol. The van der Waals surface area contributed by atoms with E-state index in [0.29, 0.717) is 18.0 Å². The minimum Gasteiger partial charge on any atom is -0.398 e. The van der Waals surface area contributed by atoms with E-state index in [1.165, 1.54) is 21.9 Å². The van der Waals surface area contributed by atoms with Crippen LogP contribution < -0.4 is 27.1 Å². The van der Waals surface area contributed by atoms with Crippen LogP contribution in [0, 0.1) is 13.8 Å². The molecule has 0 spiro atoms. The molecule has 0 aliphatic carbocycles. The van der Waals surface area contributed by atoms with E-state index in [1.807, 2.05) is 36.4 Å². The van der Waals surface area contributed by atoms with Crippen molar-refractivity contribution in [2.75, 3.05) is 22.3 Å². The molecule has 0 atom stereocenters. The number of hydrogen-bond donors (Lipinski definition) is 4. The van der Waals surface area contributed by atoms with Crippen molar-refractivity contribution in [1.82, 2.24) is 0 Å². The average molecular weight is 399 g/mol. The number of benzene rings is 4. The van der Waals surface area contributed by atoms with Crippen LogP contribution in [-0.4, -0.2) is 0 Å². The minimum absolute atomic E-state index is 0.573. The molecule has 0 aliphatic heterocycles. The van der Waals surface area contributed by atoms with Crippen LogP contribution in [0.2, 0.25) is 0 Å². The van der Waals surface area contributed by atoms with Gasteiger partial charge in [0.15, 0.2) is 5.75 Å². The third kappa shape index (κ3) is 3.96. The lowest BCUT2D eigenvalue weighted by atomic mass is 9.99. The molecular formula is C25H26N4O. The lowest BCUT2D eigenvalue weighted by Crippen LogP contribution is -2.09. The topological polar surface area (TPSA) is 85.3 Å². The summed E-state index contributed by atoms with van der Waals surface area (Å²) in [6.07, 6.45) is 0. The van der Waals surface area contributed by atoms with Crippen LogP contribution in [0.3, 0.4) is 0 Å². The van der Waals surface area contributed by atoms with Gasteiger partial charge in [-0.05, 0) is 72.3 Å². The van der Waals surface area contributed by atoms with Crippen molar-refractivity contribution in [1.29, 1.82) is 0 Å². The number of nitrogens with two attached hydrogens (primary N) is 2. The quantitative estimate of drug-likeness (QED) is 0.249. The molecule has 0 amide bonds. The summed E-state index contributed by atoms with van der Waals surface area (Å²) in [6.45, 7) is 4.89. The van der Waals surface area contributed by atoms with Crippen LogP contribution in [-0.2, 0) is 6.54 Å². The molecule has 0 unspecified atom stereocenters. The fourth-order valence-corrected chi connectivity index (χ4v) is 3.65. The average Bonchev–Trinajstić information content (AvgIpc) is 2.74. The van der Waals surface area contributed by atoms with E-state index < -0.39 is 0 Å². The second-order valence-corrected chi connectivity index (χ2v) is 7.44. The normalized spacial score (nSPS) is 10.7. The minimum atomic E-state index is 0.573. The van der Waals surface area contributed by atoms with Crippen molar-refractivity contribution < 1.29 is 4.84 Å². The van der Waals surface area contributed by atoms with E-state index >= 15 is 0 Å². The van der Waals surface area contributed by atoms with Crippen molar-refractivity contribution in [3.05, 3.63) is 89.5 Å². The highest BCUT2D eigenvalue weighted by atomic mass is 16.6. The van der Waals surface area contributed by atoms with Gasteiger partial charge in [0.2, 0.25) is 0 Å². The zero-order valence-corrected chi connectivity index (χ0v) is 17.2. The summed E-state index contributed by atoms with van der Waals surface area (Å²) < 4.78 is 0. The van der Waals surface area contributed by atoms with E-state index in [9.17, 15) is 0 Å². The maximum Gasteiger partial charge on any atom is 0.177 e. The second kappa shape index (κ2) is 8.25. The Bertz CT molecular complexity index is 1190. The molecule has 5 heteroatoms. The fraction of sp³-hybridized carbons (Fsp3) is 0.120. The van der Waals surface area contributed by atoms with Crippen LogP contribution in [0.5, 0.6) is 5.75 Å². The number of para-hydroxylation sites is 2. The first-order valence-corrected chi connectivity index (χ1v) is 9.91. The monoisotopic (exact) mass is 398 g/mol. The Labute approximate surface area is 176 Å². The second-order valence-electron chi connectivity index (χ2n) is 7.44. The van der Waals surface area contributed by atoms with Crippen molar-refractivity contribution in [2.24, 2.45) is 0 Å². The Kier molecular flexibility index (Phi) is 5.35. The highest BCUT2D eigenvalue weighted by molar-refractivity contribution is 5.98. The largest absolute Gasteiger partial charge is 0.398 e. The molecule has 152 valence electrons. The summed E-state index contributed by atoms with van der Waals surface area (Å²) in [6, 6.07) is 23.7. The molecule has 4 aromatic carbocycles. The molecule has 6 N–H and O–H groups in total. The van der Waals surface area contributed by atoms with Crippen molar-refractivity contribution in [3.8, 4) is 5.75 Å². The molecule has 4 rings (SSSR count). The Hall–Kier alpha value is -3.86. The lowest BCUT2D eigenvalue weighted by Gasteiger charge is -2.15. The number of rotatable bonds is 6. The number of aryl methyl sites for hydroxylation is 2. The molecule has 4 aromatic rings. The molecule has 0 saturated carbocycles. The molecule has 5 nitrogen and oxygen atoms in total. The maximum atomic E-state index is 6.22. The van der Waals surface area contributed by atoms with Gasteiger partial charge in [0, 0.05) is 23.3 Å². The zero-order valence-electron chi connectivity index (χ0n) is 17.2. The molecule has 0 saturated heterocycles. The summed E-state index contributed by atoms with van der Waals surface area (Å²) >= 11 is 0. The van der Waals surface area contributed by atoms with Crippen molar-refractivity contribution >= 4 is 33.5 Å². The van der Waals surface area contributed by atoms with Gasteiger partial charge < -0.3 is 21.6 Å². The third-order valence-electron chi connectivity index (χ3n) is 5.27. The number of nitrogens with one attached hydrogen (secondary N) is 2. The van der Waals surface area contributed by atoms with Gasteiger partial charge in [-0.3, -0.25) is 0 Å². The van der Waals surface area contributed by atoms with Gasteiger partial charge in [-0.1, -0.05) is 36.4 Å². The van der Waals surface area contributed by atoms with Gasteiger partial charge in [0.05, 0.1) is 11.4 Å². The first kappa shape index (κ1) is 19.5. The van der Waals surface area contributed by atoms with Crippen LogP contribution in [0.1, 0.15) is 16.7 Å². The van der Waals surface area contributed by atoms with E-state index in [4.69, 9.17) is 16.3 Å². The first-order chi connectivity index (χ1) is 14.5. The molecule has 0 heterocycles. The summed E-state index contributed by atoms with van der Waals surface area (Å²) in [4.78, 5) is 5.63. The zero-order chi connectivity index (χ0) is 21.1. The Morgan fingerprint density at radius 1 is 0.800 bits per heavy atom. The summed E-state index contributed by atoms with van der Waals surface area (Å²) in [5.74, 6) is 0.579. The van der Waals surface area contributed by atoms with Crippen LogP contribution in [0.25, 0.3) is 10.8 Å². The SMILES string of the molecule is Cc1cccc2c(NCc3cc(NOc4ccccc4N)ccc3N)ccc(C)c12. The van der Waals surface area contributed by atoms with E-state index in [2.05, 4.69) is 55.0 Å². The Morgan fingerprint density at radius 2 is 1.60 bits per heavy atom. The highest BCUT2D eigenvalue weighted by Gasteiger charge is 2.08.